The summed E-state index contributed by atoms with van der Waals surface area (Å²) in [7, 11) is 0. The Hall–Kier alpha value is -2.95. The van der Waals surface area contributed by atoms with Crippen LogP contribution in [-0.2, 0) is 34.7 Å². The zero-order valence-corrected chi connectivity index (χ0v) is 21.5. The van der Waals surface area contributed by atoms with Crippen molar-refractivity contribution < 1.29 is 23.9 Å². The average Bonchev–Trinajstić information content (AvgIpc) is 2.86. The van der Waals surface area contributed by atoms with Crippen LogP contribution in [0.15, 0.2) is 60.7 Å². The Morgan fingerprint density at radius 1 is 0.694 bits per heavy atom. The van der Waals surface area contributed by atoms with Crippen LogP contribution in [0, 0.1) is 0 Å². The number of cyclic esters (lactones) is 2. The minimum Gasteiger partial charge on any atom is -0.461 e. The van der Waals surface area contributed by atoms with Gasteiger partial charge in [0.1, 0.15) is 18.0 Å². The summed E-state index contributed by atoms with van der Waals surface area (Å²) in [5, 5.41) is 0. The van der Waals surface area contributed by atoms with Crippen LogP contribution in [-0.4, -0.2) is 29.9 Å². The lowest BCUT2D eigenvalue weighted by Crippen LogP contribution is -2.48. The quantitative estimate of drug-likeness (QED) is 0.232. The van der Waals surface area contributed by atoms with Gasteiger partial charge >= 0.3 is 11.9 Å². The summed E-state index contributed by atoms with van der Waals surface area (Å²) in [6, 6.07) is 20.5. The first-order chi connectivity index (χ1) is 17.3. The lowest BCUT2D eigenvalue weighted by molar-refractivity contribution is -0.178. The van der Waals surface area contributed by atoms with Gasteiger partial charge in [-0.2, -0.15) is 0 Å². The second-order valence-electron chi connectivity index (χ2n) is 10.9. The number of unbranched alkanes of at least 4 members (excludes halogenated alkanes) is 2. The molecule has 4 unspecified atom stereocenters. The Balaban J connectivity index is 1.20. The van der Waals surface area contributed by atoms with Crippen LogP contribution < -0.4 is 0 Å². The van der Waals surface area contributed by atoms with E-state index in [1.165, 1.54) is 11.1 Å². The van der Waals surface area contributed by atoms with Gasteiger partial charge < -0.3 is 9.47 Å². The van der Waals surface area contributed by atoms with Gasteiger partial charge in [0.25, 0.3) is 0 Å². The minimum atomic E-state index is -0.217. The number of ether oxygens (including phenoxy) is 2. The second kappa shape index (κ2) is 11.4. The Morgan fingerprint density at radius 2 is 1.06 bits per heavy atom. The summed E-state index contributed by atoms with van der Waals surface area (Å²) in [6.45, 7) is 4.34. The highest BCUT2D eigenvalue weighted by Crippen LogP contribution is 2.41. The molecule has 0 N–H and O–H groups in total. The molecule has 0 aromatic heterocycles. The molecule has 2 heterocycles. The molecule has 2 aliphatic heterocycles. The van der Waals surface area contributed by atoms with E-state index in [2.05, 4.69) is 38.1 Å². The van der Waals surface area contributed by atoms with Crippen LogP contribution >= 0.6 is 0 Å². The largest absolute Gasteiger partial charge is 0.461 e. The van der Waals surface area contributed by atoms with Crippen molar-refractivity contribution in [2.45, 2.75) is 101 Å². The summed E-state index contributed by atoms with van der Waals surface area (Å²) in [5.74, 6) is 0.0512. The molecule has 0 spiro atoms. The van der Waals surface area contributed by atoms with Gasteiger partial charge in [-0.1, -0.05) is 87.4 Å². The van der Waals surface area contributed by atoms with E-state index in [4.69, 9.17) is 9.47 Å². The number of hydrogen-bond donors (Lipinski definition) is 0. The number of carbonyl (C=O) groups excluding carboxylic acids is 3. The zero-order chi connectivity index (χ0) is 25.6. The van der Waals surface area contributed by atoms with Crippen molar-refractivity contribution in [2.75, 3.05) is 0 Å². The van der Waals surface area contributed by atoms with Crippen molar-refractivity contribution in [3.8, 4) is 0 Å². The molecule has 2 aromatic carbocycles. The number of benzene rings is 2. The predicted molar refractivity (Wildman–Crippen MR) is 139 cm³/mol. The maximum atomic E-state index is 12.6. The standard InChI is InChI=1S/C31H38O5/c1-30(26-21-28(33)35-26,23-13-5-3-6-14-23)19-11-9-17-25(32)18-10-12-20-31(2,27-22-29(34)36-27)24-15-7-4-8-16-24/h3-8,13-16,26-27H,9-12,17-22H2,1-2H3. The Labute approximate surface area is 214 Å². The zero-order valence-electron chi connectivity index (χ0n) is 21.5. The molecule has 192 valence electrons. The lowest BCUT2D eigenvalue weighted by atomic mass is 9.71. The fourth-order valence-electron chi connectivity index (χ4n) is 5.69. The van der Waals surface area contributed by atoms with Crippen LogP contribution in [0.25, 0.3) is 0 Å². The van der Waals surface area contributed by atoms with Crippen molar-refractivity contribution in [3.05, 3.63) is 71.8 Å². The number of rotatable bonds is 14. The minimum absolute atomic E-state index is 0.0861. The number of esters is 2. The third-order valence-corrected chi connectivity index (χ3v) is 8.34. The lowest BCUT2D eigenvalue weighted by Gasteiger charge is -2.42. The summed E-state index contributed by atoms with van der Waals surface area (Å²) in [5.41, 5.74) is 1.94. The van der Waals surface area contributed by atoms with Gasteiger partial charge in [0.15, 0.2) is 0 Å². The number of ketones is 1. The summed E-state index contributed by atoms with van der Waals surface area (Å²) in [4.78, 5) is 35.5. The Morgan fingerprint density at radius 3 is 1.39 bits per heavy atom. The van der Waals surface area contributed by atoms with Gasteiger partial charge in [-0.15, -0.1) is 0 Å². The monoisotopic (exact) mass is 490 g/mol. The number of carbonyl (C=O) groups is 3. The van der Waals surface area contributed by atoms with Crippen LogP contribution in [0.1, 0.15) is 89.2 Å². The molecule has 2 fully saturated rings. The highest BCUT2D eigenvalue weighted by molar-refractivity contribution is 5.78. The molecule has 0 radical (unpaired) electrons. The van der Waals surface area contributed by atoms with E-state index in [-0.39, 0.29) is 35.0 Å². The number of hydrogen-bond acceptors (Lipinski definition) is 5. The highest BCUT2D eigenvalue weighted by atomic mass is 16.6. The second-order valence-corrected chi connectivity index (χ2v) is 10.9. The van der Waals surface area contributed by atoms with Gasteiger partial charge in [-0.3, -0.25) is 14.4 Å². The summed E-state index contributed by atoms with van der Waals surface area (Å²) >= 11 is 0. The third-order valence-electron chi connectivity index (χ3n) is 8.34. The fraction of sp³-hybridized carbons (Fsp3) is 0.516. The molecule has 0 amide bonds. The van der Waals surface area contributed by atoms with Crippen molar-refractivity contribution in [1.29, 1.82) is 0 Å². The summed E-state index contributed by atoms with van der Waals surface area (Å²) < 4.78 is 10.9. The highest BCUT2D eigenvalue weighted by Gasteiger charge is 2.46. The van der Waals surface area contributed by atoms with E-state index in [1.807, 2.05) is 36.4 Å². The van der Waals surface area contributed by atoms with E-state index >= 15 is 0 Å². The van der Waals surface area contributed by atoms with Gasteiger partial charge in [0.05, 0.1) is 12.8 Å². The first kappa shape index (κ1) is 26.1. The van der Waals surface area contributed by atoms with Gasteiger partial charge in [0.2, 0.25) is 0 Å². The van der Waals surface area contributed by atoms with Crippen LogP contribution in [0.4, 0.5) is 0 Å². The topological polar surface area (TPSA) is 69.7 Å². The van der Waals surface area contributed by atoms with Crippen molar-refractivity contribution in [3.63, 3.8) is 0 Å². The first-order valence-corrected chi connectivity index (χ1v) is 13.3. The van der Waals surface area contributed by atoms with Crippen LogP contribution in [0.3, 0.4) is 0 Å². The molecule has 36 heavy (non-hydrogen) atoms. The van der Waals surface area contributed by atoms with Gasteiger partial charge in [-0.05, 0) is 36.8 Å². The molecular weight excluding hydrogens is 452 g/mol. The molecule has 2 saturated heterocycles. The van der Waals surface area contributed by atoms with Crippen molar-refractivity contribution in [1.82, 2.24) is 0 Å². The molecule has 2 aromatic rings. The summed E-state index contributed by atoms with van der Waals surface area (Å²) in [6.07, 6.45) is 7.25. The predicted octanol–water partition coefficient (Wildman–Crippen LogP) is 6.22. The maximum Gasteiger partial charge on any atom is 0.309 e. The average molecular weight is 491 g/mol. The Kier molecular flexibility index (Phi) is 8.28. The SMILES string of the molecule is CC(CCCCC(=O)CCCCC(C)(c1ccccc1)C1CC(=O)O1)(c1ccccc1)C1CC(=O)O1. The molecule has 0 aliphatic carbocycles. The van der Waals surface area contributed by atoms with Gasteiger partial charge in [-0.25, -0.2) is 0 Å². The molecular formula is C31H38O5. The molecule has 5 nitrogen and oxygen atoms in total. The van der Waals surface area contributed by atoms with Crippen molar-refractivity contribution >= 4 is 17.7 Å². The molecule has 4 rings (SSSR count). The Bertz CT molecular complexity index is 950. The van der Waals surface area contributed by atoms with Gasteiger partial charge in [0, 0.05) is 23.7 Å². The smallest absolute Gasteiger partial charge is 0.309 e. The van der Waals surface area contributed by atoms with E-state index in [0.29, 0.717) is 31.5 Å². The molecule has 5 heteroatoms. The van der Waals surface area contributed by atoms with Crippen molar-refractivity contribution in [2.24, 2.45) is 0 Å². The molecule has 4 atom stereocenters. The van der Waals surface area contributed by atoms with E-state index in [9.17, 15) is 14.4 Å². The van der Waals surface area contributed by atoms with Crippen LogP contribution in [0.2, 0.25) is 0 Å². The van der Waals surface area contributed by atoms with E-state index in [0.717, 1.165) is 38.5 Å². The normalized spacial score (nSPS) is 22.3. The first-order valence-electron chi connectivity index (χ1n) is 13.3. The number of Topliss-reactive ketones (excluding diaryl/α,β-unsaturated/α-hetero) is 1. The van der Waals surface area contributed by atoms with E-state index < -0.39 is 0 Å². The van der Waals surface area contributed by atoms with E-state index in [1.54, 1.807) is 0 Å². The molecule has 0 bridgehead atoms. The third kappa shape index (κ3) is 5.88. The molecule has 0 saturated carbocycles. The fourth-order valence-corrected chi connectivity index (χ4v) is 5.69. The molecule has 2 aliphatic rings. The van der Waals surface area contributed by atoms with Crippen LogP contribution in [0.5, 0.6) is 0 Å². The maximum absolute atomic E-state index is 12.6.